The van der Waals surface area contributed by atoms with Gasteiger partial charge in [0.25, 0.3) is 0 Å². The summed E-state index contributed by atoms with van der Waals surface area (Å²) in [5.41, 5.74) is 8.13. The monoisotopic (exact) mass is 287 g/mol. The molecule has 2 N–H and O–H groups in total. The summed E-state index contributed by atoms with van der Waals surface area (Å²) in [6.07, 6.45) is 4.56. The van der Waals surface area contributed by atoms with E-state index < -0.39 is 0 Å². The van der Waals surface area contributed by atoms with Crippen LogP contribution >= 0.6 is 11.8 Å². The number of hydrogen-bond donors (Lipinski definition) is 1. The predicted molar refractivity (Wildman–Crippen MR) is 84.1 cm³/mol. The number of nitrogens with two attached hydrogens (primary N) is 1. The highest BCUT2D eigenvalue weighted by Crippen LogP contribution is 2.41. The summed E-state index contributed by atoms with van der Waals surface area (Å²) in [5.74, 6) is 0.996. The van der Waals surface area contributed by atoms with Crippen LogP contribution in [0.5, 0.6) is 0 Å². The Balaban J connectivity index is 1.99. The molecule has 2 saturated heterocycles. The van der Waals surface area contributed by atoms with Gasteiger partial charge >= 0.3 is 0 Å². The molecule has 4 heteroatoms. The van der Waals surface area contributed by atoms with E-state index in [0.29, 0.717) is 18.1 Å². The summed E-state index contributed by atoms with van der Waals surface area (Å²) < 4.78 is 0. The van der Waals surface area contributed by atoms with Gasteiger partial charge in [0.2, 0.25) is 0 Å². The van der Waals surface area contributed by atoms with Crippen molar-refractivity contribution in [3.8, 4) is 6.07 Å². The molecule has 3 rings (SSSR count). The fourth-order valence-electron chi connectivity index (χ4n) is 3.74. The number of anilines is 1. The van der Waals surface area contributed by atoms with Crippen molar-refractivity contribution in [2.75, 3.05) is 10.7 Å². The molecular weight excluding hydrogens is 266 g/mol. The number of hydrogen-bond acceptors (Lipinski definition) is 4. The molecule has 2 heterocycles. The van der Waals surface area contributed by atoms with Crippen molar-refractivity contribution >= 4 is 17.4 Å². The van der Waals surface area contributed by atoms with Crippen LogP contribution in [0, 0.1) is 11.3 Å². The molecule has 2 unspecified atom stereocenters. The van der Waals surface area contributed by atoms with Gasteiger partial charge in [-0.1, -0.05) is 13.0 Å². The number of benzene rings is 1. The Kier molecular flexibility index (Phi) is 3.91. The number of nitrogens with zero attached hydrogens (tertiary/aromatic N) is 2. The molecule has 2 fully saturated rings. The highest BCUT2D eigenvalue weighted by Gasteiger charge is 2.40. The normalized spacial score (nSPS) is 28.4. The van der Waals surface area contributed by atoms with E-state index in [2.05, 4.69) is 36.1 Å². The van der Waals surface area contributed by atoms with Crippen molar-refractivity contribution < 1.29 is 0 Å². The lowest BCUT2D eigenvalue weighted by molar-refractivity contribution is 0.414. The molecule has 0 aliphatic carbocycles. The van der Waals surface area contributed by atoms with Crippen molar-refractivity contribution in [3.05, 3.63) is 23.8 Å². The lowest BCUT2D eigenvalue weighted by Crippen LogP contribution is -2.47. The zero-order valence-electron chi connectivity index (χ0n) is 11.9. The van der Waals surface area contributed by atoms with Crippen LogP contribution in [0.4, 0.5) is 5.69 Å². The van der Waals surface area contributed by atoms with Crippen molar-refractivity contribution in [2.45, 2.75) is 55.6 Å². The maximum atomic E-state index is 9.59. The maximum Gasteiger partial charge on any atom is 0.103 e. The molecule has 2 atom stereocenters. The van der Waals surface area contributed by atoms with Crippen LogP contribution in [0.15, 0.2) is 23.1 Å². The van der Waals surface area contributed by atoms with E-state index in [1.807, 2.05) is 0 Å². The minimum absolute atomic E-state index is 0.336. The zero-order valence-corrected chi connectivity index (χ0v) is 12.7. The summed E-state index contributed by atoms with van der Waals surface area (Å²) in [4.78, 5) is 3.60. The highest BCUT2D eigenvalue weighted by atomic mass is 32.2. The second-order valence-electron chi connectivity index (χ2n) is 5.72. The third-order valence-corrected chi connectivity index (χ3v) is 5.40. The van der Waals surface area contributed by atoms with Crippen molar-refractivity contribution in [1.82, 2.24) is 0 Å². The maximum absolute atomic E-state index is 9.59. The molecule has 0 aromatic heterocycles. The van der Waals surface area contributed by atoms with Gasteiger partial charge in [-0.25, -0.2) is 0 Å². The molecule has 0 amide bonds. The topological polar surface area (TPSA) is 53.0 Å². The van der Waals surface area contributed by atoms with E-state index in [1.54, 1.807) is 11.8 Å². The van der Waals surface area contributed by atoms with E-state index in [0.717, 1.165) is 34.7 Å². The van der Waals surface area contributed by atoms with Crippen LogP contribution in [0.1, 0.15) is 38.2 Å². The van der Waals surface area contributed by atoms with Gasteiger partial charge in [0.05, 0.1) is 11.3 Å². The van der Waals surface area contributed by atoms with Crippen LogP contribution in [-0.2, 0) is 0 Å². The molecule has 106 valence electrons. The third-order valence-electron chi connectivity index (χ3n) is 4.46. The van der Waals surface area contributed by atoms with E-state index >= 15 is 0 Å². The number of piperidine rings is 1. The summed E-state index contributed by atoms with van der Waals surface area (Å²) in [6.45, 7) is 2.13. The summed E-state index contributed by atoms with van der Waals surface area (Å²) >= 11 is 1.75. The molecule has 0 saturated carbocycles. The van der Waals surface area contributed by atoms with Crippen LogP contribution < -0.4 is 10.6 Å². The first-order chi connectivity index (χ1) is 9.74. The van der Waals surface area contributed by atoms with E-state index in [9.17, 15) is 5.26 Å². The molecule has 2 bridgehead atoms. The number of fused-ring (bicyclic) bond motifs is 2. The standard InChI is InChI=1S/C16H21N3S/c1-2-20-16-5-3-4-15(14(16)10-17)19-12-6-7-13(19)9-11(18)8-12/h3-5,11-13H,2,6-9,18H2,1H3. The molecule has 0 spiro atoms. The molecule has 2 aliphatic rings. The van der Waals surface area contributed by atoms with Gasteiger partial charge in [-0.15, -0.1) is 11.8 Å². The first-order valence-corrected chi connectivity index (χ1v) is 8.43. The third kappa shape index (κ3) is 2.30. The largest absolute Gasteiger partial charge is 0.364 e. The fourth-order valence-corrected chi connectivity index (χ4v) is 4.52. The van der Waals surface area contributed by atoms with Crippen molar-refractivity contribution in [2.24, 2.45) is 5.73 Å². The molecule has 2 aliphatic heterocycles. The second kappa shape index (κ2) is 5.67. The van der Waals surface area contributed by atoms with E-state index in [4.69, 9.17) is 5.73 Å². The van der Waals surface area contributed by atoms with Gasteiger partial charge < -0.3 is 10.6 Å². The molecule has 1 aromatic rings. The summed E-state index contributed by atoms with van der Waals surface area (Å²) in [7, 11) is 0. The number of thioether (sulfide) groups is 1. The number of nitriles is 1. The SMILES string of the molecule is CCSc1cccc(N2C3CCC2CC(N)C3)c1C#N. The Labute approximate surface area is 125 Å². The van der Waals surface area contributed by atoms with Gasteiger partial charge in [-0.2, -0.15) is 5.26 Å². The van der Waals surface area contributed by atoms with Crippen LogP contribution in [-0.4, -0.2) is 23.9 Å². The van der Waals surface area contributed by atoms with Crippen LogP contribution in [0.25, 0.3) is 0 Å². The first kappa shape index (κ1) is 13.8. The highest BCUT2D eigenvalue weighted by molar-refractivity contribution is 7.99. The smallest absolute Gasteiger partial charge is 0.103 e. The molecular formula is C16H21N3S. The minimum atomic E-state index is 0.336. The van der Waals surface area contributed by atoms with Crippen LogP contribution in [0.2, 0.25) is 0 Å². The Morgan fingerprint density at radius 2 is 2.05 bits per heavy atom. The summed E-state index contributed by atoms with van der Waals surface area (Å²) in [6, 6.07) is 10.1. The Bertz CT molecular complexity index is 523. The minimum Gasteiger partial charge on any atom is -0.364 e. The zero-order chi connectivity index (χ0) is 14.1. The lowest BCUT2D eigenvalue weighted by Gasteiger charge is -2.40. The molecule has 1 aromatic carbocycles. The van der Waals surface area contributed by atoms with Gasteiger partial charge in [0.15, 0.2) is 0 Å². The Morgan fingerprint density at radius 3 is 2.65 bits per heavy atom. The Hall–Kier alpha value is -1.18. The molecule has 3 nitrogen and oxygen atoms in total. The number of rotatable bonds is 3. The van der Waals surface area contributed by atoms with E-state index in [1.165, 1.54) is 12.8 Å². The Morgan fingerprint density at radius 1 is 1.35 bits per heavy atom. The lowest BCUT2D eigenvalue weighted by atomic mass is 9.96. The fraction of sp³-hybridized carbons (Fsp3) is 0.562. The van der Waals surface area contributed by atoms with Gasteiger partial charge in [0.1, 0.15) is 6.07 Å². The first-order valence-electron chi connectivity index (χ1n) is 7.44. The summed E-state index contributed by atoms with van der Waals surface area (Å²) in [5, 5.41) is 9.59. The van der Waals surface area contributed by atoms with Crippen LogP contribution in [0.3, 0.4) is 0 Å². The average molecular weight is 287 g/mol. The van der Waals surface area contributed by atoms with Crippen molar-refractivity contribution in [3.63, 3.8) is 0 Å². The van der Waals surface area contributed by atoms with Crippen molar-refractivity contribution in [1.29, 1.82) is 5.26 Å². The average Bonchev–Trinajstić information content (AvgIpc) is 2.71. The van der Waals surface area contributed by atoms with E-state index in [-0.39, 0.29) is 0 Å². The van der Waals surface area contributed by atoms with Gasteiger partial charge in [-0.05, 0) is 43.6 Å². The second-order valence-corrected chi connectivity index (χ2v) is 7.02. The van der Waals surface area contributed by atoms with Gasteiger partial charge in [-0.3, -0.25) is 0 Å². The molecule has 20 heavy (non-hydrogen) atoms. The molecule has 0 radical (unpaired) electrons. The quantitative estimate of drug-likeness (QED) is 0.868. The van der Waals surface area contributed by atoms with Gasteiger partial charge in [0, 0.05) is 23.0 Å². The predicted octanol–water partition coefficient (Wildman–Crippen LogP) is 3.13.